The molecule has 0 aliphatic heterocycles. The summed E-state index contributed by atoms with van der Waals surface area (Å²) in [5.41, 5.74) is 15.8. The van der Waals surface area contributed by atoms with E-state index in [4.69, 9.17) is 0 Å². The normalized spacial score (nSPS) is 21.8. The molecular weight excluding hydrogens is 623 g/mol. The summed E-state index contributed by atoms with van der Waals surface area (Å²) < 4.78 is 2.71. The first kappa shape index (κ1) is 26.0. The summed E-state index contributed by atoms with van der Waals surface area (Å²) in [6, 6.07) is 28.2. The molecule has 0 saturated carbocycles. The molecule has 1 heteroatoms. The molecule has 3 aromatic carbocycles. The van der Waals surface area contributed by atoms with Crippen molar-refractivity contribution in [1.29, 1.82) is 0 Å². The van der Waals surface area contributed by atoms with Gasteiger partial charge in [-0.1, -0.05) is 0 Å². The molecule has 194 valence electrons. The summed E-state index contributed by atoms with van der Waals surface area (Å²) in [6.07, 6.45) is 9.00. The molecule has 0 N–H and O–H groups in total. The van der Waals surface area contributed by atoms with Crippen molar-refractivity contribution < 1.29 is 20.0 Å². The quantitative estimate of drug-likeness (QED) is 0.230. The van der Waals surface area contributed by atoms with E-state index in [-0.39, 0.29) is 6.34 Å². The SMILES string of the molecule is CC1=C(C)[C](C)([Hf]([CH2]c2ccccc2)([CH2]c2ccccc2)[C]2(C)C=Cc3cc4c(cc32)CCC4)C(C)=C1C. The molecule has 0 spiro atoms. The standard InChI is InChI=1S/C13H13.C10H15.2C7H7.Hf/c1-9-5-6-12-7-10-3-2-4-11(10)8-13(9)12;1-6-7(2)9(4)10(5)8(6)3;2*1-7-5-3-2-4-6-7;/h5-8H,2-4H2,1H3;1-5H3;2*2-6H,1H2;. The Balaban J connectivity index is 1.68. The molecule has 38 heavy (non-hydrogen) atoms. The molecule has 0 amide bonds. The van der Waals surface area contributed by atoms with Crippen molar-refractivity contribution in [1.82, 2.24) is 0 Å². The predicted molar refractivity (Wildman–Crippen MR) is 160 cm³/mol. The van der Waals surface area contributed by atoms with E-state index in [9.17, 15) is 0 Å². The fourth-order valence-corrected chi connectivity index (χ4v) is 35.1. The Hall–Kier alpha value is -2.25. The van der Waals surface area contributed by atoms with Crippen LogP contribution in [-0.2, 0) is 44.3 Å². The van der Waals surface area contributed by atoms with Crippen LogP contribution in [-0.4, -0.2) is 0 Å². The second-order valence-corrected chi connectivity index (χ2v) is 30.3. The Morgan fingerprint density at radius 3 is 1.71 bits per heavy atom. The molecule has 0 fully saturated rings. The van der Waals surface area contributed by atoms with Gasteiger partial charge in [0.15, 0.2) is 0 Å². The van der Waals surface area contributed by atoms with Gasteiger partial charge in [-0.3, -0.25) is 0 Å². The number of benzene rings is 3. The van der Waals surface area contributed by atoms with E-state index in [0.29, 0.717) is 0 Å². The van der Waals surface area contributed by atoms with Gasteiger partial charge in [-0.05, 0) is 0 Å². The molecule has 0 heterocycles. The topological polar surface area (TPSA) is 0 Å². The van der Waals surface area contributed by atoms with E-state index in [1.54, 1.807) is 27.8 Å². The summed E-state index contributed by atoms with van der Waals surface area (Å²) >= 11 is -3.71. The van der Waals surface area contributed by atoms with Crippen molar-refractivity contribution >= 4 is 6.08 Å². The average Bonchev–Trinajstić information content (AvgIpc) is 3.58. The fraction of sp³-hybridized carbons (Fsp3) is 0.351. The summed E-state index contributed by atoms with van der Waals surface area (Å²) in [5, 5.41) is 0. The van der Waals surface area contributed by atoms with Crippen LogP contribution >= 0.6 is 0 Å². The van der Waals surface area contributed by atoms with Crippen molar-refractivity contribution in [3.63, 3.8) is 0 Å². The van der Waals surface area contributed by atoms with Gasteiger partial charge in [-0.15, -0.1) is 0 Å². The average molecular weight is 665 g/mol. The van der Waals surface area contributed by atoms with Crippen molar-refractivity contribution in [2.45, 2.75) is 75.5 Å². The van der Waals surface area contributed by atoms with Gasteiger partial charge in [0.25, 0.3) is 0 Å². The Labute approximate surface area is 234 Å². The van der Waals surface area contributed by atoms with E-state index in [1.807, 2.05) is 0 Å². The zero-order chi connectivity index (χ0) is 26.7. The number of fused-ring (bicyclic) bond motifs is 2. The number of aryl methyl sites for hydroxylation is 2. The third-order valence-electron chi connectivity index (χ3n) is 11.3. The van der Waals surface area contributed by atoms with Gasteiger partial charge < -0.3 is 0 Å². The summed E-state index contributed by atoms with van der Waals surface area (Å²) in [7, 11) is 0. The van der Waals surface area contributed by atoms with Crippen LogP contribution in [0.4, 0.5) is 0 Å². The van der Waals surface area contributed by atoms with Crippen LogP contribution in [0.1, 0.15) is 81.3 Å². The Morgan fingerprint density at radius 1 is 0.684 bits per heavy atom. The van der Waals surface area contributed by atoms with Gasteiger partial charge in [0.1, 0.15) is 0 Å². The van der Waals surface area contributed by atoms with Crippen molar-refractivity contribution in [2.24, 2.45) is 0 Å². The minimum absolute atomic E-state index is 0.0911. The van der Waals surface area contributed by atoms with Crippen LogP contribution < -0.4 is 0 Å². The van der Waals surface area contributed by atoms with Crippen LogP contribution in [0.5, 0.6) is 0 Å². The zero-order valence-corrected chi connectivity index (χ0v) is 27.7. The molecule has 3 aliphatic carbocycles. The van der Waals surface area contributed by atoms with Crippen LogP contribution in [0.25, 0.3) is 6.08 Å². The monoisotopic (exact) mass is 666 g/mol. The minimum atomic E-state index is -3.71. The molecule has 1 unspecified atom stereocenters. The third-order valence-corrected chi connectivity index (χ3v) is 36.8. The van der Waals surface area contributed by atoms with Crippen LogP contribution in [0, 0.1) is 0 Å². The summed E-state index contributed by atoms with van der Waals surface area (Å²) in [4.78, 5) is 0. The van der Waals surface area contributed by atoms with Crippen LogP contribution in [0.15, 0.2) is 101 Å². The number of rotatable bonds is 6. The zero-order valence-electron chi connectivity index (χ0n) is 24.1. The van der Waals surface area contributed by atoms with E-state index in [0.717, 1.165) is 0 Å². The maximum absolute atomic E-state index is 3.71. The van der Waals surface area contributed by atoms with Gasteiger partial charge in [0.05, 0.1) is 0 Å². The van der Waals surface area contributed by atoms with E-state index in [2.05, 4.69) is 126 Å². The van der Waals surface area contributed by atoms with Gasteiger partial charge in [-0.2, -0.15) is 0 Å². The van der Waals surface area contributed by atoms with Crippen molar-refractivity contribution in [2.75, 3.05) is 0 Å². The fourth-order valence-electron chi connectivity index (χ4n) is 8.50. The van der Waals surface area contributed by atoms with E-state index >= 15 is 0 Å². The van der Waals surface area contributed by atoms with E-state index in [1.165, 1.54) is 55.5 Å². The third kappa shape index (κ3) is 3.64. The first-order valence-electron chi connectivity index (χ1n) is 14.5. The van der Waals surface area contributed by atoms with Gasteiger partial charge in [0.2, 0.25) is 0 Å². The molecule has 0 aromatic heterocycles. The first-order chi connectivity index (χ1) is 18.2. The van der Waals surface area contributed by atoms with Gasteiger partial charge in [-0.25, -0.2) is 0 Å². The molecule has 0 radical (unpaired) electrons. The predicted octanol–water partition coefficient (Wildman–Crippen LogP) is 9.84. The Kier molecular flexibility index (Phi) is 6.46. The first-order valence-corrected chi connectivity index (χ1v) is 23.2. The number of hydrogen-bond acceptors (Lipinski definition) is 0. The molecule has 6 rings (SSSR count). The van der Waals surface area contributed by atoms with E-state index < -0.39 is 20.0 Å². The molecule has 0 nitrogen and oxygen atoms in total. The van der Waals surface area contributed by atoms with Crippen LogP contribution in [0.2, 0.25) is 3.17 Å². The summed E-state index contributed by atoms with van der Waals surface area (Å²) in [6.45, 7) is 15.1. The molecule has 1 atom stereocenters. The van der Waals surface area contributed by atoms with Gasteiger partial charge >= 0.3 is 236 Å². The summed E-state index contributed by atoms with van der Waals surface area (Å²) in [5.74, 6) is 0. The van der Waals surface area contributed by atoms with Crippen LogP contribution in [0.3, 0.4) is 0 Å². The molecule has 3 aliphatic rings. The second-order valence-electron chi connectivity index (χ2n) is 12.6. The number of allylic oxidation sites excluding steroid dienone is 5. The van der Waals surface area contributed by atoms with Crippen molar-refractivity contribution in [3.05, 3.63) is 135 Å². The number of hydrogen-bond donors (Lipinski definition) is 0. The molecule has 3 aromatic rings. The Morgan fingerprint density at radius 2 is 1.18 bits per heavy atom. The Bertz CT molecular complexity index is 1420. The maximum atomic E-state index is 2.69. The van der Waals surface area contributed by atoms with Gasteiger partial charge in [0, 0.05) is 0 Å². The molecule has 0 saturated heterocycles. The molecule has 0 bridgehead atoms. The molecular formula is C37H42Hf. The van der Waals surface area contributed by atoms with Crippen molar-refractivity contribution in [3.8, 4) is 0 Å². The second kappa shape index (κ2) is 9.44.